The summed E-state index contributed by atoms with van der Waals surface area (Å²) in [6, 6.07) is 13.8. The van der Waals surface area contributed by atoms with Crippen LogP contribution < -0.4 is 0 Å². The van der Waals surface area contributed by atoms with Gasteiger partial charge in [0.25, 0.3) is 0 Å². The van der Waals surface area contributed by atoms with Crippen molar-refractivity contribution in [3.05, 3.63) is 67.7 Å². The molecule has 0 saturated heterocycles. The standard InChI is InChI=1S/C16H16ClIO/c1-2-3-11-4-6-12(7-5-11)16(19)13-8-9-15(18)14(17)10-13/h4-10,16,19H,2-3H2,1H3. The molecule has 1 unspecified atom stereocenters. The zero-order chi connectivity index (χ0) is 13.8. The molecule has 0 spiro atoms. The number of aryl methyl sites for hydroxylation is 1. The highest BCUT2D eigenvalue weighted by Crippen LogP contribution is 2.27. The van der Waals surface area contributed by atoms with E-state index in [-0.39, 0.29) is 0 Å². The maximum absolute atomic E-state index is 10.4. The van der Waals surface area contributed by atoms with Crippen LogP contribution in [-0.2, 0) is 6.42 Å². The molecule has 0 radical (unpaired) electrons. The van der Waals surface area contributed by atoms with Crippen LogP contribution in [0.1, 0.15) is 36.1 Å². The maximum atomic E-state index is 10.4. The van der Waals surface area contributed by atoms with Crippen LogP contribution in [0.3, 0.4) is 0 Å². The van der Waals surface area contributed by atoms with E-state index in [0.29, 0.717) is 5.02 Å². The number of hydrogen-bond donors (Lipinski definition) is 1. The normalized spacial score (nSPS) is 12.4. The van der Waals surface area contributed by atoms with E-state index in [9.17, 15) is 5.11 Å². The van der Waals surface area contributed by atoms with E-state index in [1.807, 2.05) is 30.3 Å². The third-order valence-corrected chi connectivity index (χ3v) is 4.67. The quantitative estimate of drug-likeness (QED) is 0.735. The number of benzene rings is 2. The van der Waals surface area contributed by atoms with Gasteiger partial charge in [-0.15, -0.1) is 0 Å². The molecule has 0 fully saturated rings. The molecule has 0 aromatic heterocycles. The topological polar surface area (TPSA) is 20.2 Å². The van der Waals surface area contributed by atoms with Crippen LogP contribution in [0, 0.1) is 3.57 Å². The summed E-state index contributed by atoms with van der Waals surface area (Å²) in [5, 5.41) is 11.0. The smallest absolute Gasteiger partial charge is 0.104 e. The van der Waals surface area contributed by atoms with Crippen molar-refractivity contribution in [2.24, 2.45) is 0 Å². The van der Waals surface area contributed by atoms with Crippen LogP contribution in [0.4, 0.5) is 0 Å². The van der Waals surface area contributed by atoms with Gasteiger partial charge in [0.05, 0.1) is 5.02 Å². The van der Waals surface area contributed by atoms with E-state index in [1.165, 1.54) is 5.56 Å². The lowest BCUT2D eigenvalue weighted by Gasteiger charge is -2.13. The van der Waals surface area contributed by atoms with Gasteiger partial charge < -0.3 is 5.11 Å². The van der Waals surface area contributed by atoms with Crippen molar-refractivity contribution in [2.45, 2.75) is 25.9 Å². The molecule has 0 aliphatic carbocycles. The second kappa shape index (κ2) is 6.73. The van der Waals surface area contributed by atoms with Gasteiger partial charge in [0.15, 0.2) is 0 Å². The van der Waals surface area contributed by atoms with Crippen molar-refractivity contribution in [3.8, 4) is 0 Å². The molecule has 3 heteroatoms. The first-order valence-corrected chi connectivity index (χ1v) is 7.79. The molecular formula is C16H16ClIO. The summed E-state index contributed by atoms with van der Waals surface area (Å²) in [7, 11) is 0. The van der Waals surface area contributed by atoms with Crippen LogP contribution in [0.5, 0.6) is 0 Å². The first-order valence-electron chi connectivity index (χ1n) is 6.33. The average molecular weight is 387 g/mol. The van der Waals surface area contributed by atoms with Gasteiger partial charge in [-0.25, -0.2) is 0 Å². The van der Waals surface area contributed by atoms with E-state index in [4.69, 9.17) is 11.6 Å². The Morgan fingerprint density at radius 1 is 1.11 bits per heavy atom. The Morgan fingerprint density at radius 3 is 2.32 bits per heavy atom. The summed E-state index contributed by atoms with van der Waals surface area (Å²) < 4.78 is 0.994. The number of aliphatic hydroxyl groups excluding tert-OH is 1. The number of aliphatic hydroxyl groups is 1. The monoisotopic (exact) mass is 386 g/mol. The minimum Gasteiger partial charge on any atom is -0.384 e. The fourth-order valence-corrected chi connectivity index (χ4v) is 2.55. The van der Waals surface area contributed by atoms with E-state index >= 15 is 0 Å². The SMILES string of the molecule is CCCc1ccc(C(O)c2ccc(I)c(Cl)c2)cc1. The van der Waals surface area contributed by atoms with Gasteiger partial charge in [-0.3, -0.25) is 0 Å². The molecule has 2 aromatic carbocycles. The summed E-state index contributed by atoms with van der Waals surface area (Å²) >= 11 is 8.27. The van der Waals surface area contributed by atoms with Crippen LogP contribution in [0.25, 0.3) is 0 Å². The molecular weight excluding hydrogens is 371 g/mol. The number of hydrogen-bond acceptors (Lipinski definition) is 1. The summed E-state index contributed by atoms with van der Waals surface area (Å²) in [6.07, 6.45) is 1.59. The van der Waals surface area contributed by atoms with Gasteiger partial charge in [0.2, 0.25) is 0 Å². The second-order valence-corrected chi connectivity index (χ2v) is 6.14. The van der Waals surface area contributed by atoms with Crippen molar-refractivity contribution in [1.29, 1.82) is 0 Å². The molecule has 1 atom stereocenters. The summed E-state index contributed by atoms with van der Waals surface area (Å²) in [5.41, 5.74) is 3.03. The van der Waals surface area contributed by atoms with Gasteiger partial charge >= 0.3 is 0 Å². The molecule has 2 rings (SSSR count). The van der Waals surface area contributed by atoms with Crippen molar-refractivity contribution >= 4 is 34.2 Å². The molecule has 0 saturated carbocycles. The van der Waals surface area contributed by atoms with Gasteiger partial charge in [-0.1, -0.05) is 55.3 Å². The molecule has 19 heavy (non-hydrogen) atoms. The van der Waals surface area contributed by atoms with Gasteiger partial charge in [0, 0.05) is 3.57 Å². The first-order chi connectivity index (χ1) is 9.11. The van der Waals surface area contributed by atoms with E-state index < -0.39 is 6.10 Å². The Balaban J connectivity index is 2.22. The highest BCUT2D eigenvalue weighted by Gasteiger charge is 2.11. The van der Waals surface area contributed by atoms with E-state index in [2.05, 4.69) is 41.6 Å². The lowest BCUT2D eigenvalue weighted by Crippen LogP contribution is -2.00. The zero-order valence-electron chi connectivity index (χ0n) is 10.7. The van der Waals surface area contributed by atoms with E-state index in [0.717, 1.165) is 27.5 Å². The third-order valence-electron chi connectivity index (χ3n) is 3.09. The fourth-order valence-electron chi connectivity index (χ4n) is 2.03. The van der Waals surface area contributed by atoms with Gasteiger partial charge in [-0.05, 0) is 57.8 Å². The highest BCUT2D eigenvalue weighted by atomic mass is 127. The van der Waals surface area contributed by atoms with Gasteiger partial charge in [0.1, 0.15) is 6.10 Å². The Bertz CT molecular complexity index is 551. The zero-order valence-corrected chi connectivity index (χ0v) is 13.6. The van der Waals surface area contributed by atoms with Crippen molar-refractivity contribution in [3.63, 3.8) is 0 Å². The van der Waals surface area contributed by atoms with Crippen LogP contribution in [0.15, 0.2) is 42.5 Å². The Morgan fingerprint density at radius 2 is 1.74 bits per heavy atom. The average Bonchev–Trinajstić information content (AvgIpc) is 2.42. The second-order valence-electron chi connectivity index (χ2n) is 4.57. The number of halogens is 2. The van der Waals surface area contributed by atoms with Crippen molar-refractivity contribution < 1.29 is 5.11 Å². The summed E-state index contributed by atoms with van der Waals surface area (Å²) in [5.74, 6) is 0. The molecule has 100 valence electrons. The molecule has 0 heterocycles. The Kier molecular flexibility index (Phi) is 5.25. The minimum atomic E-state index is -0.620. The predicted molar refractivity (Wildman–Crippen MR) is 88.7 cm³/mol. The van der Waals surface area contributed by atoms with E-state index in [1.54, 1.807) is 0 Å². The lowest BCUT2D eigenvalue weighted by atomic mass is 9.99. The van der Waals surface area contributed by atoms with Crippen LogP contribution in [0.2, 0.25) is 5.02 Å². The molecule has 0 bridgehead atoms. The third kappa shape index (κ3) is 3.71. The lowest BCUT2D eigenvalue weighted by molar-refractivity contribution is 0.220. The summed E-state index contributed by atoms with van der Waals surface area (Å²) in [4.78, 5) is 0. The molecule has 0 amide bonds. The van der Waals surface area contributed by atoms with Crippen LogP contribution in [-0.4, -0.2) is 5.11 Å². The fraction of sp³-hybridized carbons (Fsp3) is 0.250. The molecule has 2 aromatic rings. The van der Waals surface area contributed by atoms with Crippen molar-refractivity contribution in [2.75, 3.05) is 0 Å². The Hall–Kier alpha value is -0.580. The van der Waals surface area contributed by atoms with Crippen LogP contribution >= 0.6 is 34.2 Å². The Labute approximate surface area is 132 Å². The predicted octanol–water partition coefficient (Wildman–Crippen LogP) is 4.98. The largest absolute Gasteiger partial charge is 0.384 e. The molecule has 0 aliphatic rings. The summed E-state index contributed by atoms with van der Waals surface area (Å²) in [6.45, 7) is 2.16. The molecule has 1 nitrogen and oxygen atoms in total. The van der Waals surface area contributed by atoms with Crippen molar-refractivity contribution in [1.82, 2.24) is 0 Å². The maximum Gasteiger partial charge on any atom is 0.104 e. The first kappa shape index (κ1) is 14.8. The highest BCUT2D eigenvalue weighted by molar-refractivity contribution is 14.1. The number of rotatable bonds is 4. The molecule has 0 aliphatic heterocycles. The minimum absolute atomic E-state index is 0.620. The van der Waals surface area contributed by atoms with Gasteiger partial charge in [-0.2, -0.15) is 0 Å². The molecule has 1 N–H and O–H groups in total.